The lowest BCUT2D eigenvalue weighted by Gasteiger charge is -2.42. The zero-order valence-corrected chi connectivity index (χ0v) is 23.3. The highest BCUT2D eigenvalue weighted by Crippen LogP contribution is 2.39. The van der Waals surface area contributed by atoms with Gasteiger partial charge >= 0.3 is 6.36 Å². The molecule has 14 heteroatoms. The summed E-state index contributed by atoms with van der Waals surface area (Å²) in [6.07, 6.45) is -3.33. The van der Waals surface area contributed by atoms with Crippen molar-refractivity contribution >= 4 is 17.2 Å². The van der Waals surface area contributed by atoms with Crippen LogP contribution in [0.15, 0.2) is 23.2 Å². The smallest absolute Gasteiger partial charge is 0.406 e. The molecule has 0 bridgehead atoms. The summed E-state index contributed by atoms with van der Waals surface area (Å²) in [6.45, 7) is 1.70. The minimum Gasteiger partial charge on any atom is -0.406 e. The number of ether oxygens (including phenoxy) is 2. The van der Waals surface area contributed by atoms with E-state index in [-0.39, 0.29) is 24.0 Å². The van der Waals surface area contributed by atoms with Gasteiger partial charge in [-0.15, -0.1) is 13.2 Å². The Balaban J connectivity index is 0.942. The number of amidine groups is 1. The van der Waals surface area contributed by atoms with Crippen LogP contribution >= 0.6 is 0 Å². The first-order chi connectivity index (χ1) is 19.5. The Morgan fingerprint density at radius 3 is 2.68 bits per heavy atom. The van der Waals surface area contributed by atoms with E-state index in [1.165, 1.54) is 12.1 Å². The zero-order valence-electron chi connectivity index (χ0n) is 23.3. The van der Waals surface area contributed by atoms with Crippen molar-refractivity contribution < 1.29 is 32.9 Å². The van der Waals surface area contributed by atoms with Crippen LogP contribution in [-0.4, -0.2) is 114 Å². The van der Waals surface area contributed by atoms with Crippen LogP contribution in [0.4, 0.5) is 24.5 Å². The summed E-state index contributed by atoms with van der Waals surface area (Å²) in [5, 5.41) is 28.3. The Bertz CT molecular complexity index is 1140. The summed E-state index contributed by atoms with van der Waals surface area (Å²) in [4.78, 5) is 10.9. The normalized spacial score (nSPS) is 36.9. The number of nitrogens with zero attached hydrogens (tertiary/aromatic N) is 4. The molecule has 1 aromatic rings. The van der Waals surface area contributed by atoms with Crippen molar-refractivity contribution in [2.24, 2.45) is 22.6 Å². The number of rotatable bonds is 8. The van der Waals surface area contributed by atoms with Crippen molar-refractivity contribution in [2.45, 2.75) is 81.4 Å². The predicted octanol–water partition coefficient (Wildman–Crippen LogP) is 1.59. The van der Waals surface area contributed by atoms with E-state index in [1.807, 2.05) is 23.9 Å². The molecule has 0 spiro atoms. The predicted molar refractivity (Wildman–Crippen MR) is 146 cm³/mol. The second kappa shape index (κ2) is 11.0. The van der Waals surface area contributed by atoms with Crippen LogP contribution in [0.25, 0.3) is 0 Å². The molecule has 4 aliphatic heterocycles. The van der Waals surface area contributed by atoms with Crippen molar-refractivity contribution in [1.29, 1.82) is 0 Å². The second-order valence-electron chi connectivity index (χ2n) is 12.1. The number of alkyl halides is 3. The molecule has 1 aliphatic carbocycles. The number of hydrogen-bond acceptors (Lipinski definition) is 11. The third kappa shape index (κ3) is 5.82. The van der Waals surface area contributed by atoms with Crippen LogP contribution < -0.4 is 21.1 Å². The van der Waals surface area contributed by atoms with Gasteiger partial charge in [-0.2, -0.15) is 0 Å². The molecular weight excluding hydrogens is 543 g/mol. The van der Waals surface area contributed by atoms with Crippen molar-refractivity contribution in [3.05, 3.63) is 18.2 Å². The first-order valence-corrected chi connectivity index (χ1v) is 14.4. The molecule has 5 aliphatic rings. The van der Waals surface area contributed by atoms with E-state index in [2.05, 4.69) is 25.3 Å². The summed E-state index contributed by atoms with van der Waals surface area (Å²) in [5.74, 6) is 1.27. The lowest BCUT2D eigenvalue weighted by Crippen LogP contribution is -2.54. The Hall–Kier alpha value is -2.36. The average molecular weight is 584 g/mol. The molecule has 228 valence electrons. The minimum absolute atomic E-state index is 0.0442. The van der Waals surface area contributed by atoms with Crippen LogP contribution in [-0.2, 0) is 4.74 Å². The third-order valence-electron chi connectivity index (χ3n) is 9.38. The summed E-state index contributed by atoms with van der Waals surface area (Å²) < 4.78 is 47.8. The van der Waals surface area contributed by atoms with Gasteiger partial charge < -0.3 is 45.9 Å². The van der Waals surface area contributed by atoms with Crippen molar-refractivity contribution in [3.8, 4) is 5.75 Å². The Kier molecular flexibility index (Phi) is 7.74. The van der Waals surface area contributed by atoms with Gasteiger partial charge in [-0.05, 0) is 64.3 Å². The van der Waals surface area contributed by atoms with E-state index in [9.17, 15) is 23.4 Å². The third-order valence-corrected chi connectivity index (χ3v) is 9.38. The quantitative estimate of drug-likeness (QED) is 0.308. The number of nitrogens with one attached hydrogen (secondary N) is 2. The number of aliphatic hydroxyl groups is 2. The van der Waals surface area contributed by atoms with Crippen molar-refractivity contribution in [1.82, 2.24) is 14.7 Å². The summed E-state index contributed by atoms with van der Waals surface area (Å²) in [5.41, 5.74) is 7.73. The fourth-order valence-corrected chi connectivity index (χ4v) is 6.90. The van der Waals surface area contributed by atoms with E-state index in [1.54, 1.807) is 6.07 Å². The molecule has 1 aromatic carbocycles. The number of aliphatic hydroxyl groups excluding tert-OH is 2. The minimum atomic E-state index is -4.72. The van der Waals surface area contributed by atoms with E-state index < -0.39 is 30.9 Å². The van der Waals surface area contributed by atoms with Gasteiger partial charge in [0.05, 0.1) is 30.4 Å². The molecule has 0 radical (unpaired) electrons. The maximum atomic E-state index is 12.5. The number of likely N-dealkylation sites (N-methyl/N-ethyl adjacent to an activating group) is 1. The van der Waals surface area contributed by atoms with Gasteiger partial charge in [0.1, 0.15) is 29.9 Å². The second-order valence-corrected chi connectivity index (χ2v) is 12.1. The molecule has 7 atom stereocenters. The number of fused-ring (bicyclic) bond motifs is 2. The molecule has 0 amide bonds. The molecular formula is C27H40F3N7O4. The molecule has 0 aromatic heterocycles. The number of nitrogens with two attached hydrogens (primary N) is 1. The van der Waals surface area contributed by atoms with E-state index in [0.29, 0.717) is 37.4 Å². The molecule has 4 heterocycles. The van der Waals surface area contributed by atoms with Gasteiger partial charge in [0, 0.05) is 31.1 Å². The van der Waals surface area contributed by atoms with E-state index in [0.717, 1.165) is 43.6 Å². The lowest BCUT2D eigenvalue weighted by molar-refractivity contribution is -0.274. The topological polar surface area (TPSA) is 131 Å². The highest BCUT2D eigenvalue weighted by atomic mass is 19.4. The molecule has 3 fully saturated rings. The maximum absolute atomic E-state index is 12.5. The van der Waals surface area contributed by atoms with Gasteiger partial charge in [-0.25, -0.2) is 0 Å². The van der Waals surface area contributed by atoms with E-state index >= 15 is 0 Å². The molecule has 3 unspecified atom stereocenters. The molecule has 11 nitrogen and oxygen atoms in total. The first-order valence-electron chi connectivity index (χ1n) is 14.4. The maximum Gasteiger partial charge on any atom is 0.573 e. The van der Waals surface area contributed by atoms with Crippen molar-refractivity contribution in [2.75, 3.05) is 44.5 Å². The van der Waals surface area contributed by atoms with Crippen LogP contribution in [0.2, 0.25) is 0 Å². The molecule has 6 rings (SSSR count). The largest absolute Gasteiger partial charge is 0.573 e. The SMILES string of the molecule is CN(C[C@H]1O[C@@H](N2CCC3C2=NCN(C)C3N)[C@H](O)[C@@H]1O)C1CC(CCC2Nc3ccc(OC(F)(F)F)cc3N2)C1. The van der Waals surface area contributed by atoms with Gasteiger partial charge in [-0.3, -0.25) is 9.89 Å². The van der Waals surface area contributed by atoms with Crippen LogP contribution in [0.5, 0.6) is 5.75 Å². The summed E-state index contributed by atoms with van der Waals surface area (Å²) in [7, 11) is 3.98. The van der Waals surface area contributed by atoms with Crippen LogP contribution in [0.3, 0.4) is 0 Å². The lowest BCUT2D eigenvalue weighted by atomic mass is 9.76. The van der Waals surface area contributed by atoms with E-state index in [4.69, 9.17) is 10.5 Å². The number of benzene rings is 1. The van der Waals surface area contributed by atoms with Crippen LogP contribution in [0.1, 0.15) is 32.1 Å². The first kappa shape index (κ1) is 28.7. The zero-order chi connectivity index (χ0) is 29.1. The van der Waals surface area contributed by atoms with Gasteiger partial charge in [-0.1, -0.05) is 0 Å². The standard InChI is InChI=1S/C27H40F3N7O4/c1-35(12-20-22(38)23(39)26(40-20)37-8-7-17-24(31)36(2)13-32-25(17)37)15-9-14(10-15)3-6-21-33-18-5-4-16(11-19(18)34-21)41-27(28,29)30/h4-5,11,14-15,17,20-24,26,33-34,38-39H,3,6-10,12-13,31H2,1-2H3/t14?,15?,17?,20-,21?,22-,23-,24?,26-/m1/s1. The monoisotopic (exact) mass is 583 g/mol. The summed E-state index contributed by atoms with van der Waals surface area (Å²) in [6, 6.07) is 4.63. The Morgan fingerprint density at radius 1 is 1.17 bits per heavy atom. The molecule has 6 N–H and O–H groups in total. The van der Waals surface area contributed by atoms with Gasteiger partial charge in [0.2, 0.25) is 0 Å². The number of aliphatic imine (C=N–C) groups is 1. The Morgan fingerprint density at radius 2 is 1.93 bits per heavy atom. The number of anilines is 2. The van der Waals surface area contributed by atoms with Crippen molar-refractivity contribution in [3.63, 3.8) is 0 Å². The Labute approximate surface area is 237 Å². The van der Waals surface area contributed by atoms with Crippen LogP contribution in [0, 0.1) is 11.8 Å². The van der Waals surface area contributed by atoms with Gasteiger partial charge in [0.25, 0.3) is 0 Å². The highest BCUT2D eigenvalue weighted by molar-refractivity contribution is 5.88. The molecule has 2 saturated heterocycles. The fourth-order valence-electron chi connectivity index (χ4n) is 6.90. The average Bonchev–Trinajstić information content (AvgIpc) is 3.56. The number of likely N-dealkylation sites (tertiary alicyclic amines) is 1. The highest BCUT2D eigenvalue weighted by Gasteiger charge is 2.51. The molecule has 1 saturated carbocycles. The fraction of sp³-hybridized carbons (Fsp3) is 0.741. The number of hydrogen-bond donors (Lipinski definition) is 5. The number of halogens is 3. The summed E-state index contributed by atoms with van der Waals surface area (Å²) >= 11 is 0. The van der Waals surface area contributed by atoms with Gasteiger partial charge in [0.15, 0.2) is 6.23 Å². The molecule has 41 heavy (non-hydrogen) atoms.